The first-order chi connectivity index (χ1) is 16.8. The molecule has 186 valence electrons. The Kier molecular flexibility index (Phi) is 7.91. The van der Waals surface area contributed by atoms with E-state index in [2.05, 4.69) is 25.9 Å². The van der Waals surface area contributed by atoms with Crippen molar-refractivity contribution in [3.63, 3.8) is 0 Å². The van der Waals surface area contributed by atoms with Gasteiger partial charge in [-0.3, -0.25) is 9.59 Å². The predicted octanol–water partition coefficient (Wildman–Crippen LogP) is 5.32. The van der Waals surface area contributed by atoms with Crippen LogP contribution in [0.2, 0.25) is 5.02 Å². The lowest BCUT2D eigenvalue weighted by Crippen LogP contribution is -2.55. The number of halogens is 1. The number of hydrogen-bond donors (Lipinski definition) is 0. The number of amides is 2. The van der Waals surface area contributed by atoms with Crippen molar-refractivity contribution in [1.29, 1.82) is 0 Å². The van der Waals surface area contributed by atoms with Gasteiger partial charge in [0.1, 0.15) is 0 Å². The molecule has 1 aliphatic heterocycles. The summed E-state index contributed by atoms with van der Waals surface area (Å²) in [5.74, 6) is 0.458. The maximum absolute atomic E-state index is 13.5. The topological polar surface area (TPSA) is 71.3 Å². The fourth-order valence-electron chi connectivity index (χ4n) is 4.46. The van der Waals surface area contributed by atoms with Crippen molar-refractivity contribution in [2.45, 2.75) is 53.0 Å². The number of rotatable bonds is 7. The Morgan fingerprint density at radius 2 is 1.94 bits per heavy atom. The highest BCUT2D eigenvalue weighted by molar-refractivity contribution is 7.12. The van der Waals surface area contributed by atoms with Gasteiger partial charge in [0.15, 0.2) is 0 Å². The Morgan fingerprint density at radius 3 is 2.60 bits per heavy atom. The first-order valence-corrected chi connectivity index (χ1v) is 13.4. The molecule has 35 heavy (non-hydrogen) atoms. The highest BCUT2D eigenvalue weighted by atomic mass is 35.5. The highest BCUT2D eigenvalue weighted by Crippen LogP contribution is 2.27. The number of hydrogen-bond acceptors (Lipinski definition) is 5. The summed E-state index contributed by atoms with van der Waals surface area (Å²) in [4.78, 5) is 34.7. The van der Waals surface area contributed by atoms with Gasteiger partial charge in [-0.05, 0) is 31.4 Å². The quantitative estimate of drug-likeness (QED) is 0.428. The van der Waals surface area contributed by atoms with Gasteiger partial charge in [-0.1, -0.05) is 50.9 Å². The van der Waals surface area contributed by atoms with E-state index in [4.69, 9.17) is 16.6 Å². The minimum absolute atomic E-state index is 0.00971. The minimum Gasteiger partial charge on any atom is -0.336 e. The molecular formula is C26H32ClN5O2S. The Bertz CT molecular complexity index is 1190. The molecule has 2 amide bonds. The van der Waals surface area contributed by atoms with E-state index in [0.717, 1.165) is 34.9 Å². The van der Waals surface area contributed by atoms with Gasteiger partial charge in [0.25, 0.3) is 5.91 Å². The summed E-state index contributed by atoms with van der Waals surface area (Å²) in [5.41, 5.74) is 3.32. The van der Waals surface area contributed by atoms with Crippen LogP contribution >= 0.6 is 22.9 Å². The average Bonchev–Trinajstić information content (AvgIpc) is 3.46. The van der Waals surface area contributed by atoms with Crippen molar-refractivity contribution in [2.24, 2.45) is 5.92 Å². The monoisotopic (exact) mass is 513 g/mol. The van der Waals surface area contributed by atoms with Gasteiger partial charge in [-0.15, -0.1) is 11.3 Å². The van der Waals surface area contributed by atoms with Gasteiger partial charge in [0, 0.05) is 48.1 Å². The SMILES string of the molecule is CCCc1c(C(=O)N2CCN(C(=O)CC(C)C)C(C)C2)cnn1-c1nc(-c2ccc(Cl)cc2)cs1. The number of nitrogens with zero attached hydrogens (tertiary/aromatic N) is 5. The maximum Gasteiger partial charge on any atom is 0.257 e. The molecule has 0 bridgehead atoms. The lowest BCUT2D eigenvalue weighted by Gasteiger charge is -2.40. The molecular weight excluding hydrogens is 482 g/mol. The van der Waals surface area contributed by atoms with Crippen LogP contribution in [-0.4, -0.2) is 62.1 Å². The summed E-state index contributed by atoms with van der Waals surface area (Å²) >= 11 is 7.52. The largest absolute Gasteiger partial charge is 0.336 e. The normalized spacial score (nSPS) is 16.2. The van der Waals surface area contributed by atoms with Crippen molar-refractivity contribution in [3.8, 4) is 16.4 Å². The van der Waals surface area contributed by atoms with Crippen LogP contribution < -0.4 is 0 Å². The van der Waals surface area contributed by atoms with Gasteiger partial charge >= 0.3 is 0 Å². The van der Waals surface area contributed by atoms with E-state index in [1.54, 1.807) is 10.9 Å². The molecule has 0 N–H and O–H groups in total. The molecule has 3 heterocycles. The van der Waals surface area contributed by atoms with Crippen LogP contribution in [0.3, 0.4) is 0 Å². The smallest absolute Gasteiger partial charge is 0.257 e. The molecule has 7 nitrogen and oxygen atoms in total. The van der Waals surface area contributed by atoms with Crippen molar-refractivity contribution >= 4 is 34.8 Å². The van der Waals surface area contributed by atoms with E-state index < -0.39 is 0 Å². The second-order valence-corrected chi connectivity index (χ2v) is 10.7. The molecule has 0 aliphatic carbocycles. The third kappa shape index (κ3) is 5.59. The van der Waals surface area contributed by atoms with Gasteiger partial charge in [-0.25, -0.2) is 9.67 Å². The molecule has 2 aromatic heterocycles. The van der Waals surface area contributed by atoms with E-state index in [-0.39, 0.29) is 17.9 Å². The maximum atomic E-state index is 13.5. The number of carbonyl (C=O) groups is 2. The zero-order valence-electron chi connectivity index (χ0n) is 20.7. The van der Waals surface area contributed by atoms with Crippen molar-refractivity contribution in [3.05, 3.63) is 52.1 Å². The second kappa shape index (κ2) is 10.9. The molecule has 0 radical (unpaired) electrons. The van der Waals surface area contributed by atoms with E-state index >= 15 is 0 Å². The second-order valence-electron chi connectivity index (χ2n) is 9.47. The van der Waals surface area contributed by atoms with Crippen molar-refractivity contribution in [2.75, 3.05) is 19.6 Å². The predicted molar refractivity (Wildman–Crippen MR) is 140 cm³/mol. The standard InChI is InChI=1S/C26H32ClN5O2S/c1-5-6-23-21(25(34)30-11-12-31(18(4)15-30)24(33)13-17(2)3)14-28-32(23)26-29-22(16-35-26)19-7-9-20(27)10-8-19/h7-10,14,16-18H,5-6,11-13,15H2,1-4H3. The Balaban J connectivity index is 1.54. The third-order valence-electron chi connectivity index (χ3n) is 6.22. The summed E-state index contributed by atoms with van der Waals surface area (Å²) in [6.07, 6.45) is 3.81. The first-order valence-electron chi connectivity index (χ1n) is 12.2. The van der Waals surface area contributed by atoms with Crippen LogP contribution in [0.5, 0.6) is 0 Å². The Morgan fingerprint density at radius 1 is 1.20 bits per heavy atom. The summed E-state index contributed by atoms with van der Waals surface area (Å²) < 4.78 is 1.80. The molecule has 9 heteroatoms. The molecule has 1 saturated heterocycles. The zero-order chi connectivity index (χ0) is 25.1. The van der Waals surface area contributed by atoms with E-state index in [1.165, 1.54) is 11.3 Å². The van der Waals surface area contributed by atoms with Crippen LogP contribution in [-0.2, 0) is 11.2 Å². The molecule has 0 spiro atoms. The fraction of sp³-hybridized carbons (Fsp3) is 0.462. The minimum atomic E-state index is -0.0306. The average molecular weight is 514 g/mol. The molecule has 0 saturated carbocycles. The first kappa shape index (κ1) is 25.4. The van der Waals surface area contributed by atoms with Crippen molar-refractivity contribution in [1.82, 2.24) is 24.6 Å². The number of piperazine rings is 1. The number of carbonyl (C=O) groups excluding carboxylic acids is 2. The van der Waals surface area contributed by atoms with Gasteiger partial charge in [0.2, 0.25) is 11.0 Å². The molecule has 1 unspecified atom stereocenters. The van der Waals surface area contributed by atoms with Crippen LogP contribution in [0.1, 0.15) is 56.6 Å². The van der Waals surface area contributed by atoms with Crippen LogP contribution in [0, 0.1) is 5.92 Å². The van der Waals surface area contributed by atoms with E-state index in [9.17, 15) is 9.59 Å². The lowest BCUT2D eigenvalue weighted by molar-refractivity contribution is -0.136. The molecule has 1 fully saturated rings. The molecule has 3 aromatic rings. The van der Waals surface area contributed by atoms with Crippen LogP contribution in [0.15, 0.2) is 35.8 Å². The summed E-state index contributed by atoms with van der Waals surface area (Å²) in [6.45, 7) is 9.83. The zero-order valence-corrected chi connectivity index (χ0v) is 22.3. The van der Waals surface area contributed by atoms with Gasteiger partial charge in [0.05, 0.1) is 23.1 Å². The number of thiazole rings is 1. The molecule has 4 rings (SSSR count). The third-order valence-corrected chi connectivity index (χ3v) is 7.29. The van der Waals surface area contributed by atoms with E-state index in [0.29, 0.717) is 42.6 Å². The van der Waals surface area contributed by atoms with Gasteiger partial charge in [-0.2, -0.15) is 5.10 Å². The number of aromatic nitrogens is 3. The Labute approximate surface area is 215 Å². The molecule has 1 aliphatic rings. The summed E-state index contributed by atoms with van der Waals surface area (Å²) in [6, 6.07) is 7.57. The number of benzene rings is 1. The van der Waals surface area contributed by atoms with Gasteiger partial charge < -0.3 is 9.80 Å². The van der Waals surface area contributed by atoms with E-state index in [1.807, 2.05) is 46.4 Å². The summed E-state index contributed by atoms with van der Waals surface area (Å²) in [7, 11) is 0. The molecule has 1 aromatic carbocycles. The molecule has 1 atom stereocenters. The summed E-state index contributed by atoms with van der Waals surface area (Å²) in [5, 5.41) is 7.98. The van der Waals surface area contributed by atoms with Crippen LogP contribution in [0.25, 0.3) is 16.4 Å². The fourth-order valence-corrected chi connectivity index (χ4v) is 5.40. The Hall–Kier alpha value is -2.71. The highest BCUT2D eigenvalue weighted by Gasteiger charge is 2.32. The lowest BCUT2D eigenvalue weighted by atomic mass is 10.1. The van der Waals surface area contributed by atoms with Crippen LogP contribution in [0.4, 0.5) is 0 Å². The van der Waals surface area contributed by atoms with Crippen molar-refractivity contribution < 1.29 is 9.59 Å².